The fraction of sp³-hybridized carbons (Fsp3) is 0.462. The first-order valence-electron chi connectivity index (χ1n) is 6.41. The molecule has 0 spiro atoms. The standard InChI is InChI=1S/C13H14F3N3OS2/c1-6-7(2)21-11-9(6)12(19-5-18-11)22-8(3)10(20)17-4-13(14,15)16/h5,8H,4H2,1-3H3,(H,17,20). The second kappa shape index (κ2) is 6.41. The number of alkyl halides is 3. The summed E-state index contributed by atoms with van der Waals surface area (Å²) in [6, 6.07) is 0. The minimum absolute atomic E-state index is 0.613. The molecule has 2 rings (SSSR count). The average molecular weight is 349 g/mol. The molecule has 1 atom stereocenters. The number of aromatic nitrogens is 2. The van der Waals surface area contributed by atoms with Crippen LogP contribution in [0.15, 0.2) is 11.4 Å². The van der Waals surface area contributed by atoms with Crippen LogP contribution >= 0.6 is 23.1 Å². The average Bonchev–Trinajstić information content (AvgIpc) is 2.71. The van der Waals surface area contributed by atoms with Crippen molar-refractivity contribution in [1.82, 2.24) is 15.3 Å². The molecule has 22 heavy (non-hydrogen) atoms. The lowest BCUT2D eigenvalue weighted by molar-refractivity contribution is -0.137. The Kier molecular flexibility index (Phi) is 4.96. The summed E-state index contributed by atoms with van der Waals surface area (Å²) in [5, 5.41) is 2.68. The summed E-state index contributed by atoms with van der Waals surface area (Å²) in [6.07, 6.45) is -3.01. The quantitative estimate of drug-likeness (QED) is 0.678. The van der Waals surface area contributed by atoms with Crippen molar-refractivity contribution in [1.29, 1.82) is 0 Å². The third-order valence-corrected chi connectivity index (χ3v) is 5.27. The maximum absolute atomic E-state index is 12.1. The molecule has 1 N–H and O–H groups in total. The van der Waals surface area contributed by atoms with Crippen LogP contribution in [0, 0.1) is 13.8 Å². The summed E-state index contributed by atoms with van der Waals surface area (Å²) in [5.74, 6) is -0.668. The molecule has 9 heteroatoms. The van der Waals surface area contributed by atoms with Gasteiger partial charge in [-0.3, -0.25) is 4.79 Å². The number of carbonyl (C=O) groups is 1. The Hall–Kier alpha value is -1.35. The number of aryl methyl sites for hydroxylation is 2. The number of hydrogen-bond acceptors (Lipinski definition) is 5. The molecule has 1 amide bonds. The van der Waals surface area contributed by atoms with Gasteiger partial charge < -0.3 is 5.32 Å². The van der Waals surface area contributed by atoms with E-state index < -0.39 is 23.9 Å². The van der Waals surface area contributed by atoms with Gasteiger partial charge in [-0.05, 0) is 26.3 Å². The number of fused-ring (bicyclic) bond motifs is 1. The normalized spacial score (nSPS) is 13.4. The molecule has 1 unspecified atom stereocenters. The number of thiophene rings is 1. The summed E-state index contributed by atoms with van der Waals surface area (Å²) in [4.78, 5) is 22.0. The molecule has 0 aliphatic heterocycles. The number of halogens is 3. The lowest BCUT2D eigenvalue weighted by Crippen LogP contribution is -2.38. The Morgan fingerprint density at radius 2 is 2.09 bits per heavy atom. The SMILES string of the molecule is Cc1sc2ncnc(SC(C)C(=O)NCC(F)(F)F)c2c1C. The fourth-order valence-corrected chi connectivity index (χ4v) is 3.85. The summed E-state index contributed by atoms with van der Waals surface area (Å²) in [6.45, 7) is 4.14. The number of carbonyl (C=O) groups excluding carboxylic acids is 1. The first-order chi connectivity index (χ1) is 10.2. The Morgan fingerprint density at radius 1 is 1.41 bits per heavy atom. The Morgan fingerprint density at radius 3 is 2.73 bits per heavy atom. The van der Waals surface area contributed by atoms with Gasteiger partial charge in [-0.25, -0.2) is 9.97 Å². The fourth-order valence-electron chi connectivity index (χ4n) is 1.79. The van der Waals surface area contributed by atoms with E-state index in [4.69, 9.17) is 0 Å². The minimum Gasteiger partial charge on any atom is -0.346 e. The summed E-state index contributed by atoms with van der Waals surface area (Å²) >= 11 is 2.66. The highest BCUT2D eigenvalue weighted by atomic mass is 32.2. The van der Waals surface area contributed by atoms with Crippen molar-refractivity contribution >= 4 is 39.2 Å². The smallest absolute Gasteiger partial charge is 0.346 e. The molecule has 0 aromatic carbocycles. The number of thioether (sulfide) groups is 1. The number of hydrogen-bond donors (Lipinski definition) is 1. The number of rotatable bonds is 4. The van der Waals surface area contributed by atoms with Crippen molar-refractivity contribution < 1.29 is 18.0 Å². The molecule has 120 valence electrons. The molecule has 2 aromatic heterocycles. The highest BCUT2D eigenvalue weighted by molar-refractivity contribution is 8.00. The molecule has 0 fully saturated rings. The second-order valence-corrected chi connectivity index (χ2v) is 7.27. The molecule has 0 saturated carbocycles. The predicted molar refractivity (Wildman–Crippen MR) is 81.3 cm³/mol. The van der Waals surface area contributed by atoms with E-state index in [0.29, 0.717) is 5.03 Å². The zero-order valence-electron chi connectivity index (χ0n) is 12.1. The zero-order chi connectivity index (χ0) is 16.5. The van der Waals surface area contributed by atoms with Crippen LogP contribution in [0.3, 0.4) is 0 Å². The number of nitrogens with one attached hydrogen (secondary N) is 1. The third-order valence-electron chi connectivity index (χ3n) is 3.05. The second-order valence-electron chi connectivity index (χ2n) is 4.74. The monoisotopic (exact) mass is 349 g/mol. The van der Waals surface area contributed by atoms with Gasteiger partial charge in [0.1, 0.15) is 22.7 Å². The van der Waals surface area contributed by atoms with Crippen molar-refractivity contribution in [2.75, 3.05) is 6.54 Å². The summed E-state index contributed by atoms with van der Waals surface area (Å²) in [7, 11) is 0. The van der Waals surface area contributed by atoms with Crippen LogP contribution in [0.1, 0.15) is 17.4 Å². The van der Waals surface area contributed by atoms with Crippen LogP contribution in [0.4, 0.5) is 13.2 Å². The lowest BCUT2D eigenvalue weighted by atomic mass is 10.2. The number of nitrogens with zero attached hydrogens (tertiary/aromatic N) is 2. The van der Waals surface area contributed by atoms with Gasteiger partial charge in [-0.1, -0.05) is 11.8 Å². The van der Waals surface area contributed by atoms with Gasteiger partial charge in [0, 0.05) is 10.3 Å². The maximum atomic E-state index is 12.1. The van der Waals surface area contributed by atoms with Gasteiger partial charge >= 0.3 is 6.18 Å². The van der Waals surface area contributed by atoms with Crippen LogP contribution in [0.2, 0.25) is 0 Å². The number of amides is 1. The van der Waals surface area contributed by atoms with Crippen molar-refractivity contribution in [2.45, 2.75) is 37.2 Å². The van der Waals surface area contributed by atoms with E-state index in [1.165, 1.54) is 17.7 Å². The van der Waals surface area contributed by atoms with Crippen LogP contribution in [-0.4, -0.2) is 33.8 Å². The highest BCUT2D eigenvalue weighted by Gasteiger charge is 2.29. The minimum atomic E-state index is -4.41. The van der Waals surface area contributed by atoms with Gasteiger partial charge in [-0.2, -0.15) is 13.2 Å². The van der Waals surface area contributed by atoms with Gasteiger partial charge in [0.15, 0.2) is 0 Å². The Balaban J connectivity index is 2.15. The molecular weight excluding hydrogens is 335 g/mol. The first-order valence-corrected chi connectivity index (χ1v) is 8.10. The van der Waals surface area contributed by atoms with Crippen molar-refractivity contribution in [3.8, 4) is 0 Å². The van der Waals surface area contributed by atoms with E-state index in [1.54, 1.807) is 6.92 Å². The molecule has 2 heterocycles. The molecule has 0 radical (unpaired) electrons. The topological polar surface area (TPSA) is 54.9 Å². The summed E-state index contributed by atoms with van der Waals surface area (Å²) in [5.41, 5.74) is 1.03. The molecule has 0 aliphatic rings. The van der Waals surface area contributed by atoms with Crippen LogP contribution in [0.5, 0.6) is 0 Å². The molecule has 0 saturated heterocycles. The third kappa shape index (κ3) is 3.89. The zero-order valence-corrected chi connectivity index (χ0v) is 13.7. The van der Waals surface area contributed by atoms with Crippen LogP contribution in [0.25, 0.3) is 10.2 Å². The van der Waals surface area contributed by atoms with Crippen molar-refractivity contribution in [3.05, 3.63) is 16.8 Å². The lowest BCUT2D eigenvalue weighted by Gasteiger charge is -2.13. The van der Waals surface area contributed by atoms with E-state index in [2.05, 4.69) is 9.97 Å². The summed E-state index contributed by atoms with van der Waals surface area (Å²) < 4.78 is 36.4. The highest BCUT2D eigenvalue weighted by Crippen LogP contribution is 2.35. The molecule has 4 nitrogen and oxygen atoms in total. The Bertz CT molecular complexity index is 700. The van der Waals surface area contributed by atoms with Crippen molar-refractivity contribution in [2.24, 2.45) is 0 Å². The van der Waals surface area contributed by atoms with Gasteiger partial charge in [-0.15, -0.1) is 11.3 Å². The first kappa shape index (κ1) is 17.0. The van der Waals surface area contributed by atoms with Crippen molar-refractivity contribution in [3.63, 3.8) is 0 Å². The molecule has 0 bridgehead atoms. The molecule has 0 aliphatic carbocycles. The van der Waals surface area contributed by atoms with E-state index in [1.807, 2.05) is 19.2 Å². The largest absolute Gasteiger partial charge is 0.405 e. The van der Waals surface area contributed by atoms with Crippen LogP contribution < -0.4 is 5.32 Å². The van der Waals surface area contributed by atoms with E-state index >= 15 is 0 Å². The van der Waals surface area contributed by atoms with Gasteiger partial charge in [0.25, 0.3) is 0 Å². The van der Waals surface area contributed by atoms with E-state index in [-0.39, 0.29) is 0 Å². The molecule has 2 aromatic rings. The predicted octanol–water partition coefficient (Wildman–Crippen LogP) is 3.47. The van der Waals surface area contributed by atoms with E-state index in [9.17, 15) is 18.0 Å². The maximum Gasteiger partial charge on any atom is 0.405 e. The molecular formula is C13H14F3N3OS2. The van der Waals surface area contributed by atoms with Crippen LogP contribution in [-0.2, 0) is 4.79 Å². The van der Waals surface area contributed by atoms with E-state index in [0.717, 1.165) is 32.4 Å². The Labute approximate surface area is 133 Å². The van der Waals surface area contributed by atoms with Gasteiger partial charge in [0.05, 0.1) is 5.25 Å². The van der Waals surface area contributed by atoms with Gasteiger partial charge in [0.2, 0.25) is 5.91 Å².